The summed E-state index contributed by atoms with van der Waals surface area (Å²) >= 11 is 12.6. The van der Waals surface area contributed by atoms with Gasteiger partial charge in [-0.3, -0.25) is 25.8 Å². The van der Waals surface area contributed by atoms with Crippen LogP contribution in [0.3, 0.4) is 0 Å². The first-order chi connectivity index (χ1) is 14.0. The van der Waals surface area contributed by atoms with Gasteiger partial charge in [-0.2, -0.15) is 0 Å². The fraction of sp³-hybridized carbons (Fsp3) is 0.150. The molecular formula is C20H18ClN3O3S2. The molecule has 1 aromatic heterocycles. The van der Waals surface area contributed by atoms with Crippen molar-refractivity contribution in [1.82, 2.24) is 16.2 Å². The average Bonchev–Trinajstić information content (AvgIpc) is 3.08. The lowest BCUT2D eigenvalue weighted by atomic mass is 10.2. The number of thiocarbonyl (C=S) groups is 1. The molecule has 0 aliphatic carbocycles. The first-order valence-electron chi connectivity index (χ1n) is 8.77. The lowest BCUT2D eigenvalue weighted by molar-refractivity contribution is -0.123. The van der Waals surface area contributed by atoms with Crippen LogP contribution in [0.25, 0.3) is 10.1 Å². The Morgan fingerprint density at radius 3 is 2.52 bits per heavy atom. The van der Waals surface area contributed by atoms with Crippen LogP contribution in [-0.2, 0) is 11.2 Å². The Bertz CT molecular complexity index is 1050. The normalized spacial score (nSPS) is 10.4. The average molecular weight is 448 g/mol. The highest BCUT2D eigenvalue weighted by Gasteiger charge is 2.18. The van der Waals surface area contributed by atoms with Crippen molar-refractivity contribution in [2.75, 3.05) is 6.61 Å². The van der Waals surface area contributed by atoms with Crippen LogP contribution in [-0.4, -0.2) is 23.5 Å². The van der Waals surface area contributed by atoms with Crippen LogP contribution in [0.4, 0.5) is 0 Å². The number of thiophene rings is 1. The standard InChI is InChI=1S/C20H18ClN3O3S2/c1-2-12-7-9-13(10-8-12)27-11-16(25)23-24-20(28)22-19(26)18-17(21)14-5-3-4-6-15(14)29-18/h3-10H,2,11H2,1H3,(H,23,25)(H2,22,24,26,28). The fourth-order valence-electron chi connectivity index (χ4n) is 2.48. The largest absolute Gasteiger partial charge is 0.484 e. The minimum Gasteiger partial charge on any atom is -0.484 e. The Kier molecular flexibility index (Phi) is 7.03. The van der Waals surface area contributed by atoms with Gasteiger partial charge >= 0.3 is 0 Å². The van der Waals surface area contributed by atoms with Gasteiger partial charge in [0.2, 0.25) is 0 Å². The predicted molar refractivity (Wildman–Crippen MR) is 119 cm³/mol. The number of benzene rings is 2. The molecule has 3 aromatic rings. The van der Waals surface area contributed by atoms with Crippen molar-refractivity contribution < 1.29 is 14.3 Å². The summed E-state index contributed by atoms with van der Waals surface area (Å²) in [5.74, 6) is -0.302. The maximum atomic E-state index is 12.4. The Balaban J connectivity index is 1.46. The highest BCUT2D eigenvalue weighted by Crippen LogP contribution is 2.34. The molecule has 0 saturated carbocycles. The van der Waals surface area contributed by atoms with Gasteiger partial charge in [0.1, 0.15) is 10.6 Å². The third-order valence-electron chi connectivity index (χ3n) is 3.99. The van der Waals surface area contributed by atoms with Gasteiger partial charge < -0.3 is 4.74 Å². The van der Waals surface area contributed by atoms with E-state index in [-0.39, 0.29) is 11.7 Å². The third kappa shape index (κ3) is 5.44. The molecule has 0 aliphatic heterocycles. The quantitative estimate of drug-likeness (QED) is 0.409. The molecular weight excluding hydrogens is 430 g/mol. The summed E-state index contributed by atoms with van der Waals surface area (Å²) in [6.45, 7) is 1.86. The highest BCUT2D eigenvalue weighted by atomic mass is 35.5. The smallest absolute Gasteiger partial charge is 0.276 e. The van der Waals surface area contributed by atoms with Crippen molar-refractivity contribution in [3.05, 3.63) is 64.0 Å². The van der Waals surface area contributed by atoms with Crippen molar-refractivity contribution in [3.8, 4) is 5.75 Å². The zero-order valence-corrected chi connectivity index (χ0v) is 17.8. The summed E-state index contributed by atoms with van der Waals surface area (Å²) in [6, 6.07) is 14.9. The Morgan fingerprint density at radius 2 is 1.83 bits per heavy atom. The van der Waals surface area contributed by atoms with E-state index in [1.807, 2.05) is 36.4 Å². The van der Waals surface area contributed by atoms with E-state index in [1.54, 1.807) is 12.1 Å². The van der Waals surface area contributed by atoms with Gasteiger partial charge in [-0.25, -0.2) is 0 Å². The second kappa shape index (κ2) is 9.69. The molecule has 9 heteroatoms. The molecule has 3 N–H and O–H groups in total. The lowest BCUT2D eigenvalue weighted by Crippen LogP contribution is -2.49. The van der Waals surface area contributed by atoms with Gasteiger partial charge in [-0.15, -0.1) is 11.3 Å². The molecule has 29 heavy (non-hydrogen) atoms. The minimum atomic E-state index is -0.449. The van der Waals surface area contributed by atoms with E-state index < -0.39 is 11.8 Å². The highest BCUT2D eigenvalue weighted by molar-refractivity contribution is 7.80. The predicted octanol–water partition coefficient (Wildman–Crippen LogP) is 3.83. The Morgan fingerprint density at radius 1 is 1.10 bits per heavy atom. The Labute approximate surface area is 182 Å². The van der Waals surface area contributed by atoms with Gasteiger partial charge in [0.05, 0.1) is 5.02 Å². The zero-order chi connectivity index (χ0) is 20.8. The van der Waals surface area contributed by atoms with Crippen LogP contribution >= 0.6 is 35.2 Å². The number of hydrogen-bond donors (Lipinski definition) is 3. The molecule has 3 rings (SSSR count). The van der Waals surface area contributed by atoms with E-state index in [4.69, 9.17) is 28.6 Å². The number of carbonyl (C=O) groups is 2. The van der Waals surface area contributed by atoms with Gasteiger partial charge in [0.25, 0.3) is 11.8 Å². The van der Waals surface area contributed by atoms with Crippen LogP contribution in [0.1, 0.15) is 22.2 Å². The second-order valence-electron chi connectivity index (χ2n) is 5.98. The number of hydrogen-bond acceptors (Lipinski definition) is 5. The van der Waals surface area contributed by atoms with E-state index in [2.05, 4.69) is 23.1 Å². The SMILES string of the molecule is CCc1ccc(OCC(=O)NNC(=S)NC(=O)c2sc3ccccc3c2Cl)cc1. The molecule has 0 radical (unpaired) electrons. The maximum Gasteiger partial charge on any atom is 0.276 e. The van der Waals surface area contributed by atoms with E-state index in [1.165, 1.54) is 16.9 Å². The van der Waals surface area contributed by atoms with Crippen molar-refractivity contribution in [2.24, 2.45) is 0 Å². The molecule has 6 nitrogen and oxygen atoms in total. The number of ether oxygens (including phenoxy) is 1. The zero-order valence-electron chi connectivity index (χ0n) is 15.5. The van der Waals surface area contributed by atoms with Crippen LogP contribution in [0, 0.1) is 0 Å². The number of nitrogens with one attached hydrogen (secondary N) is 3. The van der Waals surface area contributed by atoms with Crippen molar-refractivity contribution in [1.29, 1.82) is 0 Å². The van der Waals surface area contributed by atoms with E-state index in [0.717, 1.165) is 16.5 Å². The van der Waals surface area contributed by atoms with Crippen LogP contribution < -0.4 is 20.9 Å². The first kappa shape index (κ1) is 21.0. The van der Waals surface area contributed by atoms with E-state index >= 15 is 0 Å². The lowest BCUT2D eigenvalue weighted by Gasteiger charge is -2.11. The summed E-state index contributed by atoms with van der Waals surface area (Å²) in [4.78, 5) is 24.6. The number of amides is 2. The summed E-state index contributed by atoms with van der Waals surface area (Å²) in [5, 5.41) is 3.62. The molecule has 1 heterocycles. The van der Waals surface area contributed by atoms with Crippen LogP contribution in [0.2, 0.25) is 5.02 Å². The molecule has 0 unspecified atom stereocenters. The van der Waals surface area contributed by atoms with Crippen LogP contribution in [0.15, 0.2) is 48.5 Å². The minimum absolute atomic E-state index is 0.0517. The van der Waals surface area contributed by atoms with E-state index in [0.29, 0.717) is 15.6 Å². The summed E-state index contributed by atoms with van der Waals surface area (Å²) in [6.07, 6.45) is 0.931. The molecule has 0 saturated heterocycles. The van der Waals surface area contributed by atoms with Crippen molar-refractivity contribution in [3.63, 3.8) is 0 Å². The van der Waals surface area contributed by atoms with Gasteiger partial charge in [0.15, 0.2) is 11.7 Å². The second-order valence-corrected chi connectivity index (χ2v) is 7.82. The monoisotopic (exact) mass is 447 g/mol. The number of hydrazine groups is 1. The molecule has 2 amide bonds. The molecule has 2 aromatic carbocycles. The van der Waals surface area contributed by atoms with Crippen molar-refractivity contribution in [2.45, 2.75) is 13.3 Å². The number of fused-ring (bicyclic) bond motifs is 1. The fourth-order valence-corrected chi connectivity index (χ4v) is 4.04. The molecule has 0 spiro atoms. The Hall–Kier alpha value is -2.68. The van der Waals surface area contributed by atoms with Crippen LogP contribution in [0.5, 0.6) is 5.75 Å². The maximum absolute atomic E-state index is 12.4. The number of halogens is 1. The summed E-state index contributed by atoms with van der Waals surface area (Å²) in [5.41, 5.74) is 6.03. The number of aryl methyl sites for hydroxylation is 1. The summed E-state index contributed by atoms with van der Waals surface area (Å²) in [7, 11) is 0. The van der Waals surface area contributed by atoms with E-state index in [9.17, 15) is 9.59 Å². The molecule has 0 aliphatic rings. The topological polar surface area (TPSA) is 79.5 Å². The van der Waals surface area contributed by atoms with Gasteiger partial charge in [-0.1, -0.05) is 48.9 Å². The summed E-state index contributed by atoms with van der Waals surface area (Å²) < 4.78 is 6.30. The van der Waals surface area contributed by atoms with Gasteiger partial charge in [-0.05, 0) is 42.4 Å². The molecule has 0 bridgehead atoms. The first-order valence-corrected chi connectivity index (χ1v) is 10.4. The molecule has 0 fully saturated rings. The number of carbonyl (C=O) groups excluding carboxylic acids is 2. The van der Waals surface area contributed by atoms with Crippen molar-refractivity contribution >= 4 is 62.2 Å². The third-order valence-corrected chi connectivity index (χ3v) is 5.86. The molecule has 0 atom stereocenters. The molecule has 150 valence electrons. The van der Waals surface area contributed by atoms with Gasteiger partial charge in [0, 0.05) is 10.1 Å². The number of rotatable bonds is 5.